The Balaban J connectivity index is 0.00000242. The number of rotatable bonds is 7. The Kier molecular flexibility index (Phi) is 8.91. The lowest BCUT2D eigenvalue weighted by Crippen LogP contribution is -2.35. The van der Waals surface area contributed by atoms with Crippen molar-refractivity contribution in [2.24, 2.45) is 5.92 Å². The highest BCUT2D eigenvalue weighted by Gasteiger charge is 2.14. The summed E-state index contributed by atoms with van der Waals surface area (Å²) in [5.74, 6) is 1.50. The summed E-state index contributed by atoms with van der Waals surface area (Å²) in [4.78, 5) is 2.46. The number of nitrogens with zero attached hydrogens (tertiary/aromatic N) is 2. The van der Waals surface area contributed by atoms with Gasteiger partial charge in [0.05, 0.1) is 18.8 Å². The van der Waals surface area contributed by atoms with Gasteiger partial charge in [-0.25, -0.2) is 0 Å². The van der Waals surface area contributed by atoms with E-state index < -0.39 is 0 Å². The molecule has 4 nitrogen and oxygen atoms in total. The summed E-state index contributed by atoms with van der Waals surface area (Å²) in [6, 6.07) is 9.40. The van der Waals surface area contributed by atoms with Gasteiger partial charge < -0.3 is 14.4 Å². The molecule has 1 aliphatic heterocycles. The number of hydrogen-bond donors (Lipinski definition) is 0. The summed E-state index contributed by atoms with van der Waals surface area (Å²) in [5.41, 5.74) is 0.569. The van der Waals surface area contributed by atoms with Gasteiger partial charge in [0.2, 0.25) is 0 Å². The molecule has 0 atom stereocenters. The molecule has 0 bridgehead atoms. The second-order valence-corrected chi connectivity index (χ2v) is 5.59. The van der Waals surface area contributed by atoms with Gasteiger partial charge in [-0.05, 0) is 44.0 Å². The molecule has 1 aromatic carbocycles. The minimum absolute atomic E-state index is 0. The molecule has 0 unspecified atom stereocenters. The SMILES string of the molecule is CC1CCN(CCOCCOc2ccccc2C#N)CC1.Cl. The van der Waals surface area contributed by atoms with Gasteiger partial charge in [-0.15, -0.1) is 12.4 Å². The maximum atomic E-state index is 8.96. The summed E-state index contributed by atoms with van der Waals surface area (Å²) < 4.78 is 11.2. The summed E-state index contributed by atoms with van der Waals surface area (Å²) in [5, 5.41) is 8.96. The van der Waals surface area contributed by atoms with Crippen LogP contribution in [0, 0.1) is 17.2 Å². The molecular formula is C17H25ClN2O2. The van der Waals surface area contributed by atoms with Crippen molar-refractivity contribution < 1.29 is 9.47 Å². The van der Waals surface area contributed by atoms with E-state index in [0.717, 1.165) is 19.1 Å². The molecule has 0 N–H and O–H groups in total. The quantitative estimate of drug-likeness (QED) is 0.723. The molecule has 1 heterocycles. The van der Waals surface area contributed by atoms with Crippen molar-refractivity contribution >= 4 is 12.4 Å². The van der Waals surface area contributed by atoms with Gasteiger partial charge in [-0.1, -0.05) is 19.1 Å². The van der Waals surface area contributed by atoms with E-state index in [-0.39, 0.29) is 12.4 Å². The number of hydrogen-bond acceptors (Lipinski definition) is 4. The van der Waals surface area contributed by atoms with Crippen molar-refractivity contribution in [1.29, 1.82) is 5.26 Å². The summed E-state index contributed by atoms with van der Waals surface area (Å²) in [7, 11) is 0. The van der Waals surface area contributed by atoms with Crippen LogP contribution >= 0.6 is 12.4 Å². The molecule has 0 spiro atoms. The number of halogens is 1. The fraction of sp³-hybridized carbons (Fsp3) is 0.588. The van der Waals surface area contributed by atoms with Gasteiger partial charge in [0.15, 0.2) is 0 Å². The number of para-hydroxylation sites is 1. The fourth-order valence-corrected chi connectivity index (χ4v) is 2.48. The zero-order valence-corrected chi connectivity index (χ0v) is 14.0. The summed E-state index contributed by atoms with van der Waals surface area (Å²) in [6.07, 6.45) is 2.60. The van der Waals surface area contributed by atoms with Crippen molar-refractivity contribution in [3.8, 4) is 11.8 Å². The predicted molar refractivity (Wildman–Crippen MR) is 89.6 cm³/mol. The van der Waals surface area contributed by atoms with Gasteiger partial charge in [-0.3, -0.25) is 0 Å². The molecule has 22 heavy (non-hydrogen) atoms. The van der Waals surface area contributed by atoms with E-state index in [1.165, 1.54) is 25.9 Å². The zero-order valence-electron chi connectivity index (χ0n) is 13.2. The van der Waals surface area contributed by atoms with Crippen LogP contribution in [0.15, 0.2) is 24.3 Å². The van der Waals surface area contributed by atoms with Crippen LogP contribution in [0.3, 0.4) is 0 Å². The number of piperidine rings is 1. The van der Waals surface area contributed by atoms with E-state index in [1.807, 2.05) is 18.2 Å². The maximum absolute atomic E-state index is 8.96. The van der Waals surface area contributed by atoms with Crippen molar-refractivity contribution in [3.05, 3.63) is 29.8 Å². The molecule has 1 aromatic rings. The van der Waals surface area contributed by atoms with Crippen LogP contribution in [0.25, 0.3) is 0 Å². The zero-order chi connectivity index (χ0) is 14.9. The molecule has 5 heteroatoms. The molecule has 1 saturated heterocycles. The summed E-state index contributed by atoms with van der Waals surface area (Å²) in [6.45, 7) is 7.50. The smallest absolute Gasteiger partial charge is 0.137 e. The maximum Gasteiger partial charge on any atom is 0.137 e. The van der Waals surface area contributed by atoms with Gasteiger partial charge in [0.1, 0.15) is 18.4 Å². The molecular weight excluding hydrogens is 300 g/mol. The fourth-order valence-electron chi connectivity index (χ4n) is 2.48. The van der Waals surface area contributed by atoms with Crippen molar-refractivity contribution in [2.75, 3.05) is 39.5 Å². The van der Waals surface area contributed by atoms with Gasteiger partial charge >= 0.3 is 0 Å². The van der Waals surface area contributed by atoms with Crippen LogP contribution in [0.1, 0.15) is 25.3 Å². The first-order chi connectivity index (χ1) is 10.3. The van der Waals surface area contributed by atoms with Crippen molar-refractivity contribution in [1.82, 2.24) is 4.90 Å². The minimum Gasteiger partial charge on any atom is -0.490 e. The second-order valence-electron chi connectivity index (χ2n) is 5.59. The Hall–Kier alpha value is -1.28. The largest absolute Gasteiger partial charge is 0.490 e. The minimum atomic E-state index is 0. The highest BCUT2D eigenvalue weighted by molar-refractivity contribution is 5.85. The molecule has 0 radical (unpaired) electrons. The van der Waals surface area contributed by atoms with E-state index in [4.69, 9.17) is 14.7 Å². The first-order valence-corrected chi connectivity index (χ1v) is 7.71. The van der Waals surface area contributed by atoms with Crippen LogP contribution in [0.4, 0.5) is 0 Å². The van der Waals surface area contributed by atoms with Crippen LogP contribution in [-0.4, -0.2) is 44.4 Å². The average Bonchev–Trinajstić information content (AvgIpc) is 2.53. The predicted octanol–water partition coefficient (Wildman–Crippen LogP) is 3.11. The molecule has 2 rings (SSSR count). The lowest BCUT2D eigenvalue weighted by molar-refractivity contribution is 0.0708. The Bertz CT molecular complexity index is 468. The Morgan fingerprint density at radius 2 is 1.91 bits per heavy atom. The van der Waals surface area contributed by atoms with Crippen LogP contribution in [0.2, 0.25) is 0 Å². The van der Waals surface area contributed by atoms with Crippen molar-refractivity contribution in [3.63, 3.8) is 0 Å². The molecule has 0 saturated carbocycles. The topological polar surface area (TPSA) is 45.5 Å². The lowest BCUT2D eigenvalue weighted by Gasteiger charge is -2.29. The normalized spacial score (nSPS) is 15.8. The summed E-state index contributed by atoms with van der Waals surface area (Å²) >= 11 is 0. The monoisotopic (exact) mass is 324 g/mol. The van der Waals surface area contributed by atoms with E-state index in [9.17, 15) is 0 Å². The number of benzene rings is 1. The molecule has 122 valence electrons. The van der Waals surface area contributed by atoms with Crippen LogP contribution in [-0.2, 0) is 4.74 Å². The molecule has 0 aliphatic carbocycles. The first-order valence-electron chi connectivity index (χ1n) is 7.71. The highest BCUT2D eigenvalue weighted by Crippen LogP contribution is 2.16. The Labute approximate surface area is 139 Å². The van der Waals surface area contributed by atoms with Crippen LogP contribution in [0.5, 0.6) is 5.75 Å². The van der Waals surface area contributed by atoms with Crippen molar-refractivity contribution in [2.45, 2.75) is 19.8 Å². The van der Waals surface area contributed by atoms with Gasteiger partial charge in [0.25, 0.3) is 0 Å². The van der Waals surface area contributed by atoms with Gasteiger partial charge in [-0.2, -0.15) is 5.26 Å². The third kappa shape index (κ3) is 6.23. The highest BCUT2D eigenvalue weighted by atomic mass is 35.5. The molecule has 1 fully saturated rings. The van der Waals surface area contributed by atoms with E-state index in [0.29, 0.717) is 24.5 Å². The third-order valence-corrected chi connectivity index (χ3v) is 3.92. The number of likely N-dealkylation sites (tertiary alicyclic amines) is 1. The molecule has 0 amide bonds. The standard InChI is InChI=1S/C17H24N2O2.ClH/c1-15-6-8-19(9-7-15)10-11-20-12-13-21-17-5-3-2-4-16(17)14-18;/h2-5,15H,6-13H2,1H3;1H. The van der Waals surface area contributed by atoms with E-state index in [2.05, 4.69) is 17.9 Å². The van der Waals surface area contributed by atoms with Gasteiger partial charge in [0, 0.05) is 6.54 Å². The first kappa shape index (κ1) is 18.8. The molecule has 1 aliphatic rings. The van der Waals surface area contributed by atoms with E-state index >= 15 is 0 Å². The Morgan fingerprint density at radius 3 is 2.64 bits per heavy atom. The average molecular weight is 325 g/mol. The number of ether oxygens (including phenoxy) is 2. The Morgan fingerprint density at radius 1 is 1.18 bits per heavy atom. The van der Waals surface area contributed by atoms with E-state index in [1.54, 1.807) is 6.07 Å². The second kappa shape index (κ2) is 10.4. The van der Waals surface area contributed by atoms with Crippen LogP contribution < -0.4 is 4.74 Å². The number of nitriles is 1. The third-order valence-electron chi connectivity index (χ3n) is 3.92. The lowest BCUT2D eigenvalue weighted by atomic mass is 9.99. The molecule has 0 aromatic heterocycles.